The number of nitrogens with zero attached hydrogens (tertiary/aromatic N) is 4. The van der Waals surface area contributed by atoms with Gasteiger partial charge in [-0.05, 0) is 31.9 Å². The Morgan fingerprint density at radius 2 is 1.66 bits per heavy atom. The van der Waals surface area contributed by atoms with E-state index in [9.17, 15) is 0 Å². The van der Waals surface area contributed by atoms with Crippen molar-refractivity contribution in [3.63, 3.8) is 0 Å². The van der Waals surface area contributed by atoms with Crippen molar-refractivity contribution in [2.45, 2.75) is 26.3 Å². The van der Waals surface area contributed by atoms with E-state index in [1.165, 1.54) is 26.0 Å². The standard InChI is InChI=1S/C24H28N4S/c1-18(2)28-22-20-10-6-7-11-21(20)29-23(22)25-24(28)27-16-14-26(15-17-27)13-12-19-8-4-3-5-9-19/h3-11,18H,12-17H2,1-2H3. The molecule has 5 rings (SSSR count). The molecule has 5 heteroatoms. The fourth-order valence-corrected chi connectivity index (χ4v) is 5.45. The highest BCUT2D eigenvalue weighted by molar-refractivity contribution is 7.25. The SMILES string of the molecule is CC(C)n1c(N2CCN(CCc3ccccc3)CC2)nc2sc3ccccc3c21. The molecule has 0 N–H and O–H groups in total. The van der Waals surface area contributed by atoms with Crippen LogP contribution < -0.4 is 4.90 Å². The number of imidazole rings is 1. The third-order valence-corrected chi connectivity index (χ3v) is 6.99. The lowest BCUT2D eigenvalue weighted by Crippen LogP contribution is -2.47. The Hall–Kier alpha value is -2.37. The summed E-state index contributed by atoms with van der Waals surface area (Å²) in [7, 11) is 0. The Kier molecular flexibility index (Phi) is 5.02. The molecule has 0 unspecified atom stereocenters. The first-order valence-corrected chi connectivity index (χ1v) is 11.4. The van der Waals surface area contributed by atoms with Crippen LogP contribution >= 0.6 is 11.3 Å². The average Bonchev–Trinajstić information content (AvgIpc) is 3.29. The molecule has 2 aromatic heterocycles. The van der Waals surface area contributed by atoms with E-state index in [1.807, 2.05) is 11.3 Å². The summed E-state index contributed by atoms with van der Waals surface area (Å²) < 4.78 is 3.78. The van der Waals surface area contributed by atoms with Crippen molar-refractivity contribution in [3.8, 4) is 0 Å². The van der Waals surface area contributed by atoms with Crippen molar-refractivity contribution in [2.24, 2.45) is 0 Å². The van der Waals surface area contributed by atoms with Crippen LogP contribution in [0.2, 0.25) is 0 Å². The number of benzene rings is 2. The smallest absolute Gasteiger partial charge is 0.207 e. The highest BCUT2D eigenvalue weighted by Gasteiger charge is 2.25. The van der Waals surface area contributed by atoms with E-state index in [2.05, 4.69) is 82.8 Å². The minimum atomic E-state index is 0.393. The molecule has 0 aliphatic carbocycles. The van der Waals surface area contributed by atoms with Crippen LogP contribution in [0.15, 0.2) is 54.6 Å². The van der Waals surface area contributed by atoms with Gasteiger partial charge < -0.3 is 9.47 Å². The Bertz CT molecular complexity index is 1100. The van der Waals surface area contributed by atoms with Crippen LogP contribution in [0.1, 0.15) is 25.5 Å². The van der Waals surface area contributed by atoms with E-state index in [0.717, 1.165) is 45.1 Å². The summed E-state index contributed by atoms with van der Waals surface area (Å²) in [4.78, 5) is 11.3. The maximum atomic E-state index is 5.10. The van der Waals surface area contributed by atoms with E-state index in [1.54, 1.807) is 0 Å². The van der Waals surface area contributed by atoms with Gasteiger partial charge in [-0.2, -0.15) is 0 Å². The summed E-state index contributed by atoms with van der Waals surface area (Å²) in [5.41, 5.74) is 2.74. The predicted molar refractivity (Wildman–Crippen MR) is 124 cm³/mol. The third-order valence-electron chi connectivity index (χ3n) is 5.94. The fraction of sp³-hybridized carbons (Fsp3) is 0.375. The maximum absolute atomic E-state index is 5.10. The highest BCUT2D eigenvalue weighted by Crippen LogP contribution is 2.38. The van der Waals surface area contributed by atoms with Crippen LogP contribution in [0.3, 0.4) is 0 Å². The minimum Gasteiger partial charge on any atom is -0.340 e. The van der Waals surface area contributed by atoms with Crippen molar-refractivity contribution >= 4 is 37.7 Å². The number of rotatable bonds is 5. The number of fused-ring (bicyclic) bond motifs is 3. The first kappa shape index (κ1) is 18.6. The highest BCUT2D eigenvalue weighted by atomic mass is 32.1. The molecule has 1 saturated heterocycles. The molecule has 0 atom stereocenters. The van der Waals surface area contributed by atoms with E-state index >= 15 is 0 Å². The van der Waals surface area contributed by atoms with Crippen molar-refractivity contribution in [1.82, 2.24) is 14.5 Å². The Balaban J connectivity index is 1.34. The van der Waals surface area contributed by atoms with Crippen molar-refractivity contribution < 1.29 is 0 Å². The molecule has 1 aliphatic heterocycles. The largest absolute Gasteiger partial charge is 0.340 e. The van der Waals surface area contributed by atoms with Crippen LogP contribution in [0, 0.1) is 0 Å². The molecule has 1 aliphatic rings. The predicted octanol–water partition coefficient (Wildman–Crippen LogP) is 5.20. The molecule has 0 amide bonds. The van der Waals surface area contributed by atoms with E-state index in [-0.39, 0.29) is 0 Å². The number of hydrogen-bond acceptors (Lipinski definition) is 4. The summed E-state index contributed by atoms with van der Waals surface area (Å²) in [6, 6.07) is 19.9. The van der Waals surface area contributed by atoms with Gasteiger partial charge >= 0.3 is 0 Å². The van der Waals surface area contributed by atoms with Gasteiger partial charge in [-0.15, -0.1) is 11.3 Å². The molecule has 0 radical (unpaired) electrons. The van der Waals surface area contributed by atoms with E-state index in [0.29, 0.717) is 6.04 Å². The Labute approximate surface area is 176 Å². The molecular formula is C24H28N4S. The second kappa shape index (κ2) is 7.81. The number of piperazine rings is 1. The van der Waals surface area contributed by atoms with Gasteiger partial charge in [0.05, 0.1) is 5.52 Å². The number of thiophene rings is 1. The summed E-state index contributed by atoms with van der Waals surface area (Å²) in [6.07, 6.45) is 1.13. The zero-order valence-electron chi connectivity index (χ0n) is 17.2. The van der Waals surface area contributed by atoms with E-state index in [4.69, 9.17) is 4.98 Å². The maximum Gasteiger partial charge on any atom is 0.207 e. The summed E-state index contributed by atoms with van der Waals surface area (Å²) in [6.45, 7) is 9.97. The minimum absolute atomic E-state index is 0.393. The number of hydrogen-bond donors (Lipinski definition) is 0. The third kappa shape index (κ3) is 3.53. The topological polar surface area (TPSA) is 24.3 Å². The normalized spacial score (nSPS) is 15.8. The number of anilines is 1. The molecule has 0 spiro atoms. The first-order chi connectivity index (χ1) is 14.2. The van der Waals surface area contributed by atoms with Gasteiger partial charge in [-0.1, -0.05) is 48.5 Å². The lowest BCUT2D eigenvalue weighted by Gasteiger charge is -2.36. The summed E-state index contributed by atoms with van der Waals surface area (Å²) >= 11 is 1.82. The first-order valence-electron chi connectivity index (χ1n) is 10.6. The molecule has 3 heterocycles. The molecule has 4 nitrogen and oxygen atoms in total. The lowest BCUT2D eigenvalue weighted by molar-refractivity contribution is 0.259. The van der Waals surface area contributed by atoms with Gasteiger partial charge in [0, 0.05) is 48.9 Å². The average molecular weight is 405 g/mol. The Morgan fingerprint density at radius 3 is 2.41 bits per heavy atom. The van der Waals surface area contributed by atoms with Crippen molar-refractivity contribution in [3.05, 3.63) is 60.2 Å². The Morgan fingerprint density at radius 1 is 0.931 bits per heavy atom. The van der Waals surface area contributed by atoms with Gasteiger partial charge in [-0.25, -0.2) is 4.98 Å². The van der Waals surface area contributed by atoms with Gasteiger partial charge in [0.15, 0.2) is 0 Å². The van der Waals surface area contributed by atoms with Gasteiger partial charge in [0.1, 0.15) is 4.83 Å². The van der Waals surface area contributed by atoms with Crippen molar-refractivity contribution in [1.29, 1.82) is 0 Å². The van der Waals surface area contributed by atoms with Gasteiger partial charge in [0.25, 0.3) is 0 Å². The monoisotopic (exact) mass is 404 g/mol. The number of aromatic nitrogens is 2. The molecule has 29 heavy (non-hydrogen) atoms. The quantitative estimate of drug-likeness (QED) is 0.457. The molecule has 0 saturated carbocycles. The molecular weight excluding hydrogens is 376 g/mol. The zero-order chi connectivity index (χ0) is 19.8. The molecule has 150 valence electrons. The lowest BCUT2D eigenvalue weighted by atomic mass is 10.1. The van der Waals surface area contributed by atoms with Crippen LogP contribution in [0.5, 0.6) is 0 Å². The van der Waals surface area contributed by atoms with Crippen LogP contribution in [-0.2, 0) is 6.42 Å². The van der Waals surface area contributed by atoms with Gasteiger partial charge in [-0.3, -0.25) is 4.90 Å². The summed E-state index contributed by atoms with van der Waals surface area (Å²) in [5, 5.41) is 1.33. The van der Waals surface area contributed by atoms with Gasteiger partial charge in [0.2, 0.25) is 5.95 Å². The van der Waals surface area contributed by atoms with Crippen LogP contribution in [0.4, 0.5) is 5.95 Å². The molecule has 0 bridgehead atoms. The van der Waals surface area contributed by atoms with Crippen LogP contribution in [0.25, 0.3) is 20.4 Å². The molecule has 2 aromatic carbocycles. The van der Waals surface area contributed by atoms with E-state index < -0.39 is 0 Å². The second-order valence-electron chi connectivity index (χ2n) is 8.19. The van der Waals surface area contributed by atoms with Crippen LogP contribution in [-0.4, -0.2) is 47.2 Å². The second-order valence-corrected chi connectivity index (χ2v) is 9.22. The zero-order valence-corrected chi connectivity index (χ0v) is 18.0. The van der Waals surface area contributed by atoms with Crippen molar-refractivity contribution in [2.75, 3.05) is 37.6 Å². The summed E-state index contributed by atoms with van der Waals surface area (Å²) in [5.74, 6) is 1.15. The fourth-order valence-electron chi connectivity index (χ4n) is 4.39. The molecule has 1 fully saturated rings. The molecule has 4 aromatic rings.